The van der Waals surface area contributed by atoms with Gasteiger partial charge in [0, 0.05) is 5.56 Å². The quantitative estimate of drug-likeness (QED) is 0.757. The van der Waals surface area contributed by atoms with Crippen LogP contribution in [0.3, 0.4) is 0 Å². The standard InChI is InChI=1S/C20H25NO3/c1-20(2,17-11-7-8-12-18(17)23-3)21-19(22)15-24-14-13-16-9-5-4-6-10-16/h4-12H,13-15H2,1-3H3,(H,21,22). The molecule has 2 aromatic rings. The van der Waals surface area contributed by atoms with Crippen LogP contribution in [0.1, 0.15) is 25.0 Å². The van der Waals surface area contributed by atoms with Crippen molar-refractivity contribution in [3.05, 3.63) is 65.7 Å². The maximum Gasteiger partial charge on any atom is 0.246 e. The first kappa shape index (κ1) is 18.0. The molecule has 0 unspecified atom stereocenters. The van der Waals surface area contributed by atoms with Crippen molar-refractivity contribution >= 4 is 5.91 Å². The van der Waals surface area contributed by atoms with Crippen LogP contribution in [0.4, 0.5) is 0 Å². The highest BCUT2D eigenvalue weighted by molar-refractivity contribution is 5.78. The molecule has 0 atom stereocenters. The number of hydrogen-bond donors (Lipinski definition) is 1. The number of carbonyl (C=O) groups is 1. The summed E-state index contributed by atoms with van der Waals surface area (Å²) in [5.41, 5.74) is 1.60. The summed E-state index contributed by atoms with van der Waals surface area (Å²) in [5.74, 6) is 0.617. The van der Waals surface area contributed by atoms with E-state index in [2.05, 4.69) is 5.32 Å². The Morgan fingerprint density at radius 2 is 1.71 bits per heavy atom. The van der Waals surface area contributed by atoms with Gasteiger partial charge in [0.1, 0.15) is 12.4 Å². The Labute approximate surface area is 143 Å². The maximum atomic E-state index is 12.2. The molecule has 0 saturated heterocycles. The Morgan fingerprint density at radius 1 is 1.04 bits per heavy atom. The molecule has 0 radical (unpaired) electrons. The number of methoxy groups -OCH3 is 1. The molecule has 0 saturated carbocycles. The van der Waals surface area contributed by atoms with Crippen LogP contribution < -0.4 is 10.1 Å². The van der Waals surface area contributed by atoms with Gasteiger partial charge in [-0.3, -0.25) is 4.79 Å². The number of nitrogens with one attached hydrogen (secondary N) is 1. The zero-order valence-corrected chi connectivity index (χ0v) is 14.5. The lowest BCUT2D eigenvalue weighted by atomic mass is 9.93. The second-order valence-corrected chi connectivity index (χ2v) is 6.16. The molecule has 2 aromatic carbocycles. The number of benzene rings is 2. The number of amides is 1. The molecule has 0 bridgehead atoms. The van der Waals surface area contributed by atoms with Crippen LogP contribution in [0.15, 0.2) is 54.6 Å². The van der Waals surface area contributed by atoms with Crippen LogP contribution >= 0.6 is 0 Å². The van der Waals surface area contributed by atoms with E-state index in [1.807, 2.05) is 68.4 Å². The summed E-state index contributed by atoms with van der Waals surface area (Å²) in [6.45, 7) is 4.47. The summed E-state index contributed by atoms with van der Waals surface area (Å²) in [6, 6.07) is 17.8. The summed E-state index contributed by atoms with van der Waals surface area (Å²) < 4.78 is 10.9. The van der Waals surface area contributed by atoms with Gasteiger partial charge in [0.15, 0.2) is 0 Å². The average Bonchev–Trinajstić information content (AvgIpc) is 2.59. The van der Waals surface area contributed by atoms with E-state index in [1.165, 1.54) is 5.56 Å². The third-order valence-corrected chi connectivity index (χ3v) is 3.84. The molecule has 0 spiro atoms. The van der Waals surface area contributed by atoms with Gasteiger partial charge in [-0.2, -0.15) is 0 Å². The predicted octanol–water partition coefficient (Wildman–Crippen LogP) is 3.31. The van der Waals surface area contributed by atoms with Gasteiger partial charge < -0.3 is 14.8 Å². The fraction of sp³-hybridized carbons (Fsp3) is 0.350. The highest BCUT2D eigenvalue weighted by Gasteiger charge is 2.25. The van der Waals surface area contributed by atoms with Crippen molar-refractivity contribution in [2.24, 2.45) is 0 Å². The third-order valence-electron chi connectivity index (χ3n) is 3.84. The zero-order valence-electron chi connectivity index (χ0n) is 14.5. The van der Waals surface area contributed by atoms with Crippen LogP contribution in [0.25, 0.3) is 0 Å². The number of carbonyl (C=O) groups excluding carboxylic acids is 1. The van der Waals surface area contributed by atoms with Crippen LogP contribution in [0.5, 0.6) is 5.75 Å². The summed E-state index contributed by atoms with van der Waals surface area (Å²) in [6.07, 6.45) is 0.796. The summed E-state index contributed by atoms with van der Waals surface area (Å²) >= 11 is 0. The van der Waals surface area contributed by atoms with E-state index in [-0.39, 0.29) is 12.5 Å². The van der Waals surface area contributed by atoms with Crippen molar-refractivity contribution < 1.29 is 14.3 Å². The van der Waals surface area contributed by atoms with Gasteiger partial charge in [0.25, 0.3) is 0 Å². The molecule has 4 heteroatoms. The summed E-state index contributed by atoms with van der Waals surface area (Å²) in [5, 5.41) is 3.00. The van der Waals surface area contributed by atoms with Gasteiger partial charge >= 0.3 is 0 Å². The molecule has 1 N–H and O–H groups in total. The number of hydrogen-bond acceptors (Lipinski definition) is 3. The van der Waals surface area contributed by atoms with Gasteiger partial charge in [-0.25, -0.2) is 0 Å². The molecule has 0 aliphatic heterocycles. The lowest BCUT2D eigenvalue weighted by molar-refractivity contribution is -0.127. The van der Waals surface area contributed by atoms with Gasteiger partial charge in [-0.1, -0.05) is 48.5 Å². The van der Waals surface area contributed by atoms with E-state index in [4.69, 9.17) is 9.47 Å². The fourth-order valence-electron chi connectivity index (χ4n) is 2.61. The van der Waals surface area contributed by atoms with Crippen molar-refractivity contribution in [1.82, 2.24) is 5.32 Å². The number of rotatable bonds is 8. The lowest BCUT2D eigenvalue weighted by Crippen LogP contribution is -2.43. The van der Waals surface area contributed by atoms with Crippen molar-refractivity contribution in [1.29, 1.82) is 0 Å². The highest BCUT2D eigenvalue weighted by atomic mass is 16.5. The van der Waals surface area contributed by atoms with Crippen molar-refractivity contribution in [3.63, 3.8) is 0 Å². The molecule has 0 aliphatic rings. The van der Waals surface area contributed by atoms with E-state index in [0.717, 1.165) is 17.7 Å². The van der Waals surface area contributed by atoms with E-state index in [1.54, 1.807) is 7.11 Å². The van der Waals surface area contributed by atoms with E-state index in [0.29, 0.717) is 6.61 Å². The largest absolute Gasteiger partial charge is 0.496 e. The van der Waals surface area contributed by atoms with Gasteiger partial charge in [0.05, 0.1) is 19.3 Å². The molecule has 4 nitrogen and oxygen atoms in total. The van der Waals surface area contributed by atoms with E-state index in [9.17, 15) is 4.79 Å². The SMILES string of the molecule is COc1ccccc1C(C)(C)NC(=O)COCCc1ccccc1. The predicted molar refractivity (Wildman–Crippen MR) is 95.1 cm³/mol. The summed E-state index contributed by atoms with van der Waals surface area (Å²) in [4.78, 5) is 12.2. The number of para-hydroxylation sites is 1. The minimum Gasteiger partial charge on any atom is -0.496 e. The summed E-state index contributed by atoms with van der Waals surface area (Å²) in [7, 11) is 1.63. The molecule has 2 rings (SSSR count). The topological polar surface area (TPSA) is 47.6 Å². The van der Waals surface area contributed by atoms with Crippen LogP contribution in [0.2, 0.25) is 0 Å². The lowest BCUT2D eigenvalue weighted by Gasteiger charge is -2.28. The smallest absolute Gasteiger partial charge is 0.246 e. The van der Waals surface area contributed by atoms with E-state index >= 15 is 0 Å². The second-order valence-electron chi connectivity index (χ2n) is 6.16. The molecule has 24 heavy (non-hydrogen) atoms. The maximum absolute atomic E-state index is 12.2. The van der Waals surface area contributed by atoms with Crippen molar-refractivity contribution in [3.8, 4) is 5.75 Å². The van der Waals surface area contributed by atoms with Crippen molar-refractivity contribution in [2.45, 2.75) is 25.8 Å². The van der Waals surface area contributed by atoms with Gasteiger partial charge in [0.2, 0.25) is 5.91 Å². The first-order valence-corrected chi connectivity index (χ1v) is 8.09. The Morgan fingerprint density at radius 3 is 2.42 bits per heavy atom. The van der Waals surface area contributed by atoms with Gasteiger partial charge in [-0.05, 0) is 31.9 Å². The molecule has 1 amide bonds. The number of ether oxygens (including phenoxy) is 2. The Balaban J connectivity index is 1.82. The Kier molecular flexibility index (Phi) is 6.38. The molecule has 0 aromatic heterocycles. The Bertz CT molecular complexity index is 653. The molecule has 0 fully saturated rings. The molecule has 0 heterocycles. The Hall–Kier alpha value is -2.33. The first-order valence-electron chi connectivity index (χ1n) is 8.09. The molecular weight excluding hydrogens is 302 g/mol. The van der Waals surface area contributed by atoms with Crippen LogP contribution in [-0.2, 0) is 21.5 Å². The molecule has 0 aliphatic carbocycles. The average molecular weight is 327 g/mol. The van der Waals surface area contributed by atoms with Gasteiger partial charge in [-0.15, -0.1) is 0 Å². The van der Waals surface area contributed by atoms with Crippen LogP contribution in [0, 0.1) is 0 Å². The second kappa shape index (κ2) is 8.50. The monoisotopic (exact) mass is 327 g/mol. The zero-order chi connectivity index (χ0) is 17.4. The third kappa shape index (κ3) is 5.10. The molecule has 128 valence electrons. The molecular formula is C20H25NO3. The van der Waals surface area contributed by atoms with Crippen LogP contribution in [-0.4, -0.2) is 26.2 Å². The fourth-order valence-corrected chi connectivity index (χ4v) is 2.61. The minimum atomic E-state index is -0.535. The minimum absolute atomic E-state index is 0.0470. The van der Waals surface area contributed by atoms with Crippen molar-refractivity contribution in [2.75, 3.05) is 20.3 Å². The normalized spacial score (nSPS) is 11.1. The van der Waals surface area contributed by atoms with E-state index < -0.39 is 5.54 Å². The first-order chi connectivity index (χ1) is 11.5. The highest BCUT2D eigenvalue weighted by Crippen LogP contribution is 2.29.